The van der Waals surface area contributed by atoms with E-state index in [0.717, 1.165) is 24.1 Å². The van der Waals surface area contributed by atoms with Gasteiger partial charge in [-0.2, -0.15) is 5.10 Å². The Balaban J connectivity index is 1.60. The van der Waals surface area contributed by atoms with Crippen LogP contribution in [0.25, 0.3) is 0 Å². The highest BCUT2D eigenvalue weighted by Gasteiger charge is 2.26. The highest BCUT2D eigenvalue weighted by Crippen LogP contribution is 2.38. The van der Waals surface area contributed by atoms with Crippen LogP contribution in [0.2, 0.25) is 0 Å². The molecule has 2 aromatic rings. The normalized spacial score (nSPS) is 14.7. The minimum atomic E-state index is -3.44. The summed E-state index contributed by atoms with van der Waals surface area (Å²) in [7, 11) is -2.08. The van der Waals surface area contributed by atoms with Gasteiger partial charge in [-0.15, -0.1) is 0 Å². The van der Waals surface area contributed by atoms with Crippen LogP contribution in [0.4, 0.5) is 0 Å². The molecule has 3 rings (SSSR count). The summed E-state index contributed by atoms with van der Waals surface area (Å²) in [4.78, 5) is 12.2. The number of carbonyl (C=O) groups excluding carboxylic acids is 1. The maximum atomic E-state index is 12.0. The Kier molecular flexibility index (Phi) is 4.18. The van der Waals surface area contributed by atoms with Crippen LogP contribution >= 0.6 is 0 Å². The smallest absolute Gasteiger partial charge is 0.272 e. The number of benzene rings is 1. The number of sulfonamides is 1. The predicted molar refractivity (Wildman–Crippen MR) is 84.4 cm³/mol. The van der Waals surface area contributed by atoms with Gasteiger partial charge >= 0.3 is 0 Å². The fraction of sp³-hybridized carbons (Fsp3) is 0.333. The van der Waals surface area contributed by atoms with Crippen molar-refractivity contribution < 1.29 is 13.2 Å². The van der Waals surface area contributed by atoms with E-state index in [1.807, 2.05) is 0 Å². The summed E-state index contributed by atoms with van der Waals surface area (Å²) in [6, 6.07) is 8.14. The number of amides is 1. The van der Waals surface area contributed by atoms with Crippen molar-refractivity contribution in [3.63, 3.8) is 0 Å². The molecule has 0 saturated heterocycles. The van der Waals surface area contributed by atoms with E-state index in [-0.39, 0.29) is 10.8 Å². The lowest BCUT2D eigenvalue weighted by molar-refractivity contribution is 0.0946. The van der Waals surface area contributed by atoms with E-state index in [9.17, 15) is 13.2 Å². The predicted octanol–water partition coefficient (Wildman–Crippen LogP) is 1.13. The minimum absolute atomic E-state index is 0.191. The Bertz CT molecular complexity index is 808. The molecule has 0 spiro atoms. The van der Waals surface area contributed by atoms with Gasteiger partial charge in [-0.05, 0) is 43.7 Å². The minimum Gasteiger partial charge on any atom is -0.347 e. The average molecular weight is 334 g/mol. The van der Waals surface area contributed by atoms with Gasteiger partial charge in [0.1, 0.15) is 5.69 Å². The lowest BCUT2D eigenvalue weighted by Crippen LogP contribution is -2.23. The molecule has 1 saturated carbocycles. The SMILES string of the molecule is CNS(=O)(=O)c1ccc(CNC(=O)c2cc(C3CC3)[nH]n2)cc1. The van der Waals surface area contributed by atoms with Crippen LogP contribution in [0.15, 0.2) is 35.2 Å². The fourth-order valence-electron chi connectivity index (χ4n) is 2.23. The molecule has 1 amide bonds. The molecular formula is C15H18N4O3S. The molecule has 0 unspecified atom stereocenters. The quantitative estimate of drug-likeness (QED) is 0.736. The number of hydrogen-bond acceptors (Lipinski definition) is 4. The molecule has 7 nitrogen and oxygen atoms in total. The van der Waals surface area contributed by atoms with Crippen LogP contribution in [0, 0.1) is 0 Å². The summed E-state index contributed by atoms with van der Waals surface area (Å²) in [5.74, 6) is 0.269. The Morgan fingerprint density at radius 2 is 2.00 bits per heavy atom. The lowest BCUT2D eigenvalue weighted by Gasteiger charge is -2.06. The van der Waals surface area contributed by atoms with Crippen molar-refractivity contribution in [2.24, 2.45) is 0 Å². The summed E-state index contributed by atoms with van der Waals surface area (Å²) >= 11 is 0. The van der Waals surface area contributed by atoms with Crippen LogP contribution in [0.5, 0.6) is 0 Å². The molecule has 1 aliphatic rings. The summed E-state index contributed by atoms with van der Waals surface area (Å²) in [5, 5.41) is 9.69. The van der Waals surface area contributed by atoms with Gasteiger partial charge in [-0.3, -0.25) is 9.89 Å². The number of rotatable bonds is 6. The first-order chi connectivity index (χ1) is 11.0. The number of carbonyl (C=O) groups is 1. The monoisotopic (exact) mass is 334 g/mol. The molecule has 0 bridgehead atoms. The number of nitrogens with zero attached hydrogens (tertiary/aromatic N) is 1. The molecule has 1 aromatic carbocycles. The molecule has 8 heteroatoms. The van der Waals surface area contributed by atoms with Gasteiger partial charge in [-0.1, -0.05) is 12.1 Å². The molecule has 1 heterocycles. The Morgan fingerprint density at radius 3 is 2.61 bits per heavy atom. The fourth-order valence-corrected chi connectivity index (χ4v) is 2.96. The van der Waals surface area contributed by atoms with E-state index in [1.54, 1.807) is 18.2 Å². The van der Waals surface area contributed by atoms with Crippen molar-refractivity contribution in [2.45, 2.75) is 30.2 Å². The third-order valence-electron chi connectivity index (χ3n) is 3.80. The van der Waals surface area contributed by atoms with Crippen LogP contribution in [0.3, 0.4) is 0 Å². The van der Waals surface area contributed by atoms with Crippen LogP contribution in [-0.4, -0.2) is 31.6 Å². The molecule has 23 heavy (non-hydrogen) atoms. The van der Waals surface area contributed by atoms with Gasteiger partial charge in [-0.25, -0.2) is 13.1 Å². The van der Waals surface area contributed by atoms with Gasteiger partial charge in [0.05, 0.1) is 4.90 Å². The molecule has 1 fully saturated rings. The second-order valence-corrected chi connectivity index (χ2v) is 7.40. The van der Waals surface area contributed by atoms with E-state index in [1.165, 1.54) is 19.2 Å². The number of H-pyrrole nitrogens is 1. The van der Waals surface area contributed by atoms with Gasteiger partial charge < -0.3 is 5.32 Å². The van der Waals surface area contributed by atoms with E-state index >= 15 is 0 Å². The van der Waals surface area contributed by atoms with Crippen LogP contribution in [0.1, 0.15) is 40.5 Å². The zero-order valence-electron chi connectivity index (χ0n) is 12.7. The van der Waals surface area contributed by atoms with Gasteiger partial charge in [0.2, 0.25) is 10.0 Å². The van der Waals surface area contributed by atoms with Gasteiger partial charge in [0, 0.05) is 18.2 Å². The zero-order valence-corrected chi connectivity index (χ0v) is 13.5. The maximum absolute atomic E-state index is 12.0. The van der Waals surface area contributed by atoms with E-state index < -0.39 is 10.0 Å². The molecule has 0 atom stereocenters. The first kappa shape index (κ1) is 15.7. The van der Waals surface area contributed by atoms with Crippen molar-refractivity contribution in [2.75, 3.05) is 7.05 Å². The molecule has 3 N–H and O–H groups in total. The second-order valence-electron chi connectivity index (χ2n) is 5.52. The second kappa shape index (κ2) is 6.13. The van der Waals surface area contributed by atoms with E-state index in [0.29, 0.717) is 18.2 Å². The van der Waals surface area contributed by atoms with E-state index in [4.69, 9.17) is 0 Å². The third-order valence-corrected chi connectivity index (χ3v) is 5.23. The number of aromatic amines is 1. The molecule has 0 radical (unpaired) electrons. The third kappa shape index (κ3) is 3.59. The number of nitrogens with one attached hydrogen (secondary N) is 3. The van der Waals surface area contributed by atoms with Gasteiger partial charge in [0.15, 0.2) is 0 Å². The summed E-state index contributed by atoms with van der Waals surface area (Å²) < 4.78 is 25.5. The first-order valence-corrected chi connectivity index (χ1v) is 8.84. The molecule has 122 valence electrons. The molecule has 1 aromatic heterocycles. The van der Waals surface area contributed by atoms with Crippen molar-refractivity contribution in [1.82, 2.24) is 20.2 Å². The summed E-state index contributed by atoms with van der Waals surface area (Å²) in [6.45, 7) is 0.310. The molecule has 1 aliphatic carbocycles. The highest BCUT2D eigenvalue weighted by atomic mass is 32.2. The Labute approximate surface area is 134 Å². The van der Waals surface area contributed by atoms with E-state index in [2.05, 4.69) is 20.2 Å². The molecule has 0 aliphatic heterocycles. The van der Waals surface area contributed by atoms with Crippen molar-refractivity contribution in [3.05, 3.63) is 47.3 Å². The summed E-state index contributed by atoms with van der Waals surface area (Å²) in [5.41, 5.74) is 2.20. The Hall–Kier alpha value is -2.19. The van der Waals surface area contributed by atoms with Crippen molar-refractivity contribution in [1.29, 1.82) is 0 Å². The number of hydrogen-bond donors (Lipinski definition) is 3. The van der Waals surface area contributed by atoms with Gasteiger partial charge in [0.25, 0.3) is 5.91 Å². The van der Waals surface area contributed by atoms with Crippen LogP contribution < -0.4 is 10.0 Å². The van der Waals surface area contributed by atoms with Crippen molar-refractivity contribution >= 4 is 15.9 Å². The largest absolute Gasteiger partial charge is 0.347 e. The first-order valence-electron chi connectivity index (χ1n) is 7.35. The zero-order chi connectivity index (χ0) is 16.4. The topological polar surface area (TPSA) is 104 Å². The summed E-state index contributed by atoms with van der Waals surface area (Å²) in [6.07, 6.45) is 2.29. The maximum Gasteiger partial charge on any atom is 0.272 e. The number of aromatic nitrogens is 2. The average Bonchev–Trinajstić information content (AvgIpc) is 3.30. The Morgan fingerprint density at radius 1 is 1.30 bits per heavy atom. The standard InChI is InChI=1S/C15H18N4O3S/c1-16-23(21,22)12-6-2-10(3-7-12)9-17-15(20)14-8-13(18-19-14)11-4-5-11/h2-3,6-8,11,16H,4-5,9H2,1H3,(H,17,20)(H,18,19). The molecular weight excluding hydrogens is 316 g/mol. The lowest BCUT2D eigenvalue weighted by atomic mass is 10.2. The van der Waals surface area contributed by atoms with Crippen LogP contribution in [-0.2, 0) is 16.6 Å². The van der Waals surface area contributed by atoms with Crippen molar-refractivity contribution in [3.8, 4) is 0 Å². The highest BCUT2D eigenvalue weighted by molar-refractivity contribution is 7.89.